The molecule has 1 unspecified atom stereocenters. The Morgan fingerprint density at radius 3 is 2.20 bits per heavy atom. The van der Waals surface area contributed by atoms with Crippen molar-refractivity contribution in [1.29, 1.82) is 0 Å². The maximum absolute atomic E-state index is 12.0. The smallest absolute Gasteiger partial charge is 0.138 e. The zero-order chi connectivity index (χ0) is 11.8. The second-order valence-corrected chi connectivity index (χ2v) is 6.00. The Kier molecular flexibility index (Phi) is 8.22. The molecule has 0 saturated carbocycles. The molecule has 0 aliphatic rings. The largest absolute Gasteiger partial charge is 0.299 e. The van der Waals surface area contributed by atoms with E-state index in [4.69, 9.17) is 0 Å². The Labute approximate surface area is 99.4 Å². The van der Waals surface area contributed by atoms with Crippen LogP contribution in [0.3, 0.4) is 0 Å². The van der Waals surface area contributed by atoms with E-state index in [1.165, 1.54) is 12.2 Å². The van der Waals surface area contributed by atoms with Gasteiger partial charge < -0.3 is 0 Å². The molecule has 2 heteroatoms. The van der Waals surface area contributed by atoms with Crippen molar-refractivity contribution in [3.05, 3.63) is 0 Å². The van der Waals surface area contributed by atoms with Crippen LogP contribution in [-0.4, -0.2) is 17.8 Å². The molecule has 15 heavy (non-hydrogen) atoms. The fraction of sp³-hybridized carbons (Fsp3) is 0.923. The van der Waals surface area contributed by atoms with Crippen LogP contribution in [0.2, 0.25) is 0 Å². The van der Waals surface area contributed by atoms with E-state index in [1.54, 1.807) is 0 Å². The summed E-state index contributed by atoms with van der Waals surface area (Å²) in [5.41, 5.74) is 0. The summed E-state index contributed by atoms with van der Waals surface area (Å²) in [7, 11) is 0. The molecule has 0 radical (unpaired) electrons. The summed E-state index contributed by atoms with van der Waals surface area (Å²) in [6.07, 6.45) is 5.44. The van der Waals surface area contributed by atoms with Crippen molar-refractivity contribution in [2.45, 2.75) is 47.0 Å². The zero-order valence-electron chi connectivity index (χ0n) is 10.9. The molecule has 0 rings (SSSR count). The van der Waals surface area contributed by atoms with Crippen molar-refractivity contribution in [2.75, 3.05) is 12.0 Å². The third kappa shape index (κ3) is 6.99. The van der Waals surface area contributed by atoms with Gasteiger partial charge in [-0.2, -0.15) is 11.8 Å². The van der Waals surface area contributed by atoms with Gasteiger partial charge in [-0.05, 0) is 37.2 Å². The minimum absolute atomic E-state index is 0.197. The number of thioether (sulfide) groups is 1. The maximum atomic E-state index is 12.0. The maximum Gasteiger partial charge on any atom is 0.138 e. The highest BCUT2D eigenvalue weighted by molar-refractivity contribution is 7.98. The number of hydrogen-bond donors (Lipinski definition) is 0. The SMILES string of the molecule is CSCCCC(CC(C)C)C(=O)C(C)C. The van der Waals surface area contributed by atoms with Gasteiger partial charge in [0.05, 0.1) is 0 Å². The molecule has 0 aliphatic heterocycles. The number of ketones is 1. The highest BCUT2D eigenvalue weighted by Crippen LogP contribution is 2.22. The Hall–Kier alpha value is 0.0200. The van der Waals surface area contributed by atoms with E-state index in [0.717, 1.165) is 12.8 Å². The Bertz CT molecular complexity index is 175. The number of hydrogen-bond acceptors (Lipinski definition) is 2. The monoisotopic (exact) mass is 230 g/mol. The van der Waals surface area contributed by atoms with Gasteiger partial charge in [0.15, 0.2) is 0 Å². The molecular weight excluding hydrogens is 204 g/mol. The highest BCUT2D eigenvalue weighted by Gasteiger charge is 2.21. The second-order valence-electron chi connectivity index (χ2n) is 5.02. The van der Waals surface area contributed by atoms with Crippen LogP contribution in [0.25, 0.3) is 0 Å². The van der Waals surface area contributed by atoms with E-state index < -0.39 is 0 Å². The van der Waals surface area contributed by atoms with Crippen molar-refractivity contribution in [2.24, 2.45) is 17.8 Å². The van der Waals surface area contributed by atoms with Gasteiger partial charge in [-0.25, -0.2) is 0 Å². The van der Waals surface area contributed by atoms with Gasteiger partial charge in [-0.15, -0.1) is 0 Å². The first-order valence-electron chi connectivity index (χ1n) is 6.01. The molecule has 1 nitrogen and oxygen atoms in total. The standard InChI is InChI=1S/C13H26OS/c1-10(2)9-12(7-6-8-15-5)13(14)11(3)4/h10-12H,6-9H2,1-5H3. The minimum Gasteiger partial charge on any atom is -0.299 e. The van der Waals surface area contributed by atoms with Crippen molar-refractivity contribution >= 4 is 17.5 Å². The zero-order valence-corrected chi connectivity index (χ0v) is 11.7. The number of carbonyl (C=O) groups excluding carboxylic acids is 1. The van der Waals surface area contributed by atoms with E-state index in [2.05, 4.69) is 20.1 Å². The third-order valence-corrected chi connectivity index (χ3v) is 3.33. The van der Waals surface area contributed by atoms with Gasteiger partial charge in [0.25, 0.3) is 0 Å². The lowest BCUT2D eigenvalue weighted by Crippen LogP contribution is -2.21. The topological polar surface area (TPSA) is 17.1 Å². The summed E-state index contributed by atoms with van der Waals surface area (Å²) in [6, 6.07) is 0. The summed E-state index contributed by atoms with van der Waals surface area (Å²) in [5.74, 6) is 2.77. The molecule has 0 saturated heterocycles. The van der Waals surface area contributed by atoms with Crippen molar-refractivity contribution in [3.63, 3.8) is 0 Å². The minimum atomic E-state index is 0.197. The van der Waals surface area contributed by atoms with Crippen LogP contribution in [0.4, 0.5) is 0 Å². The van der Waals surface area contributed by atoms with Gasteiger partial charge in [-0.1, -0.05) is 27.7 Å². The molecule has 0 fully saturated rings. The molecule has 0 aromatic heterocycles. The summed E-state index contributed by atoms with van der Waals surface area (Å²) in [5, 5.41) is 0. The predicted octanol–water partition coefficient (Wildman–Crippen LogP) is 4.02. The van der Waals surface area contributed by atoms with Crippen LogP contribution >= 0.6 is 11.8 Å². The fourth-order valence-electron chi connectivity index (χ4n) is 1.89. The van der Waals surface area contributed by atoms with Crippen LogP contribution in [0.5, 0.6) is 0 Å². The van der Waals surface area contributed by atoms with Crippen LogP contribution in [-0.2, 0) is 4.79 Å². The summed E-state index contributed by atoms with van der Waals surface area (Å²) >= 11 is 1.87. The molecule has 0 bridgehead atoms. The number of carbonyl (C=O) groups is 1. The molecule has 0 aromatic carbocycles. The Balaban J connectivity index is 4.11. The lowest BCUT2D eigenvalue weighted by Gasteiger charge is -2.19. The van der Waals surface area contributed by atoms with Gasteiger partial charge in [0.2, 0.25) is 0 Å². The van der Waals surface area contributed by atoms with Crippen molar-refractivity contribution in [1.82, 2.24) is 0 Å². The van der Waals surface area contributed by atoms with Gasteiger partial charge >= 0.3 is 0 Å². The first-order chi connectivity index (χ1) is 6.99. The van der Waals surface area contributed by atoms with Gasteiger partial charge in [0, 0.05) is 11.8 Å². The van der Waals surface area contributed by atoms with E-state index in [0.29, 0.717) is 17.6 Å². The highest BCUT2D eigenvalue weighted by atomic mass is 32.2. The molecular formula is C13H26OS. The Morgan fingerprint density at radius 1 is 1.20 bits per heavy atom. The lowest BCUT2D eigenvalue weighted by atomic mass is 9.85. The number of Topliss-reactive ketones (excluding diaryl/α,β-unsaturated/α-hetero) is 1. The molecule has 0 amide bonds. The lowest BCUT2D eigenvalue weighted by molar-refractivity contribution is -0.126. The first kappa shape index (κ1) is 15.0. The molecule has 0 aromatic rings. The summed E-state index contributed by atoms with van der Waals surface area (Å²) in [4.78, 5) is 12.0. The number of rotatable bonds is 8. The molecule has 0 aliphatic carbocycles. The van der Waals surface area contributed by atoms with E-state index in [-0.39, 0.29) is 5.92 Å². The van der Waals surface area contributed by atoms with Crippen molar-refractivity contribution < 1.29 is 4.79 Å². The molecule has 0 heterocycles. The molecule has 0 N–H and O–H groups in total. The van der Waals surface area contributed by atoms with Crippen LogP contribution in [0.15, 0.2) is 0 Å². The summed E-state index contributed by atoms with van der Waals surface area (Å²) < 4.78 is 0. The van der Waals surface area contributed by atoms with Gasteiger partial charge in [-0.3, -0.25) is 4.79 Å². The average molecular weight is 230 g/mol. The normalized spacial score (nSPS) is 13.5. The quantitative estimate of drug-likeness (QED) is 0.586. The van der Waals surface area contributed by atoms with Crippen LogP contribution in [0, 0.1) is 17.8 Å². The second kappa shape index (κ2) is 8.20. The summed E-state index contributed by atoms with van der Waals surface area (Å²) in [6.45, 7) is 8.44. The molecule has 1 atom stereocenters. The average Bonchev–Trinajstić information content (AvgIpc) is 2.14. The van der Waals surface area contributed by atoms with E-state index >= 15 is 0 Å². The van der Waals surface area contributed by atoms with Crippen molar-refractivity contribution in [3.8, 4) is 0 Å². The van der Waals surface area contributed by atoms with Crippen LogP contribution < -0.4 is 0 Å². The molecule has 0 spiro atoms. The molecule has 90 valence electrons. The van der Waals surface area contributed by atoms with Gasteiger partial charge in [0.1, 0.15) is 5.78 Å². The van der Waals surface area contributed by atoms with Crippen LogP contribution in [0.1, 0.15) is 47.0 Å². The Morgan fingerprint density at radius 2 is 1.80 bits per heavy atom. The van der Waals surface area contributed by atoms with E-state index in [9.17, 15) is 4.79 Å². The predicted molar refractivity (Wildman–Crippen MR) is 70.4 cm³/mol. The first-order valence-corrected chi connectivity index (χ1v) is 7.41. The van der Waals surface area contributed by atoms with E-state index in [1.807, 2.05) is 25.6 Å². The fourth-order valence-corrected chi connectivity index (χ4v) is 2.35. The third-order valence-electron chi connectivity index (χ3n) is 2.63.